The second-order valence-corrected chi connectivity index (χ2v) is 11.4. The van der Waals surface area contributed by atoms with Gasteiger partial charge in [0.15, 0.2) is 0 Å². The highest BCUT2D eigenvalue weighted by molar-refractivity contribution is 5.61. The number of rotatable bonds is 5. The molecule has 6 aliphatic rings. The summed E-state index contributed by atoms with van der Waals surface area (Å²) in [7, 11) is 0. The number of nitrogens with zero attached hydrogens (tertiary/aromatic N) is 3. The first-order chi connectivity index (χ1) is 16.0. The summed E-state index contributed by atoms with van der Waals surface area (Å²) >= 11 is 0. The Kier molecular flexibility index (Phi) is 4.44. The Morgan fingerprint density at radius 2 is 1.73 bits per heavy atom. The first-order valence-corrected chi connectivity index (χ1v) is 12.7. The third-order valence-corrected chi connectivity index (χ3v) is 9.12. The lowest BCUT2D eigenvalue weighted by Gasteiger charge is -2.58. The van der Waals surface area contributed by atoms with E-state index in [4.69, 9.17) is 4.98 Å². The summed E-state index contributed by atoms with van der Waals surface area (Å²) in [5.41, 5.74) is 1.72. The van der Waals surface area contributed by atoms with Crippen LogP contribution in [0.1, 0.15) is 44.9 Å². The van der Waals surface area contributed by atoms with Crippen LogP contribution in [-0.2, 0) is 0 Å². The number of nitrogens with one attached hydrogen (secondary N) is 2. The number of aromatic nitrogens is 2. The molecule has 0 radical (unpaired) electrons. The molecule has 1 aliphatic heterocycles. The third-order valence-electron chi connectivity index (χ3n) is 9.12. The van der Waals surface area contributed by atoms with E-state index < -0.39 is 5.60 Å². The van der Waals surface area contributed by atoms with Crippen molar-refractivity contribution < 1.29 is 10.2 Å². The van der Waals surface area contributed by atoms with Crippen molar-refractivity contribution in [2.24, 2.45) is 23.7 Å². The van der Waals surface area contributed by atoms with Gasteiger partial charge in [-0.05, 0) is 98.9 Å². The van der Waals surface area contributed by atoms with E-state index in [1.807, 2.05) is 6.07 Å². The average Bonchev–Trinajstić information content (AvgIpc) is 3.36. The van der Waals surface area contributed by atoms with Crippen LogP contribution in [0.15, 0.2) is 36.5 Å². The first-order valence-electron chi connectivity index (χ1n) is 12.7. The Hall–Kier alpha value is -2.38. The molecule has 2 heterocycles. The number of aliphatic hydroxyl groups excluding tert-OH is 1. The van der Waals surface area contributed by atoms with Gasteiger partial charge in [0.2, 0.25) is 5.95 Å². The normalized spacial score (nSPS) is 40.4. The highest BCUT2D eigenvalue weighted by Gasteiger charge is 2.54. The number of piperidine rings is 1. The van der Waals surface area contributed by atoms with Crippen LogP contribution in [-0.4, -0.2) is 50.5 Å². The molecular formula is C26H33N5O2. The average molecular weight is 448 g/mol. The predicted molar refractivity (Wildman–Crippen MR) is 128 cm³/mol. The summed E-state index contributed by atoms with van der Waals surface area (Å²) in [4.78, 5) is 11.5. The van der Waals surface area contributed by atoms with Crippen LogP contribution in [0.2, 0.25) is 0 Å². The van der Waals surface area contributed by atoms with E-state index in [1.165, 1.54) is 18.5 Å². The quantitative estimate of drug-likeness (QED) is 0.557. The van der Waals surface area contributed by atoms with Crippen molar-refractivity contribution in [2.75, 3.05) is 22.1 Å². The molecule has 6 bridgehead atoms. The third kappa shape index (κ3) is 3.48. The minimum Gasteiger partial charge on any atom is -0.391 e. The molecule has 1 saturated heterocycles. The molecule has 0 spiro atoms. The Morgan fingerprint density at radius 3 is 2.42 bits per heavy atom. The van der Waals surface area contributed by atoms with Gasteiger partial charge in [-0.2, -0.15) is 4.98 Å². The Balaban J connectivity index is 1.03. The van der Waals surface area contributed by atoms with Gasteiger partial charge in [-0.1, -0.05) is 0 Å². The topological polar surface area (TPSA) is 93.5 Å². The van der Waals surface area contributed by atoms with Gasteiger partial charge in [-0.3, -0.25) is 0 Å². The number of anilines is 4. The standard InChI is InChI=1S/C26H33N5O2/c32-22-10-16-9-21(22)31(14-16)20-3-1-19(2-4-20)28-25-27-6-5-23(30-25)29-24-17-7-15-8-18(24)13-26(33,11-15)12-17/h1-6,15-18,21-22,24,32-33H,7-14H2,(H2,27,28,29,30)/t15?,16?,17?,18?,21?,22?,24-,26-. The summed E-state index contributed by atoms with van der Waals surface area (Å²) in [5.74, 6) is 3.86. The zero-order valence-electron chi connectivity index (χ0n) is 18.9. The smallest absolute Gasteiger partial charge is 0.229 e. The van der Waals surface area contributed by atoms with Gasteiger partial charge in [-0.15, -0.1) is 0 Å². The summed E-state index contributed by atoms with van der Waals surface area (Å²) in [6.45, 7) is 1.05. The molecule has 8 rings (SSSR count). The number of hydrogen-bond acceptors (Lipinski definition) is 7. The van der Waals surface area contributed by atoms with E-state index >= 15 is 0 Å². The van der Waals surface area contributed by atoms with Gasteiger partial charge in [0, 0.05) is 30.2 Å². The zero-order chi connectivity index (χ0) is 22.2. The van der Waals surface area contributed by atoms with Gasteiger partial charge in [0.25, 0.3) is 0 Å². The van der Waals surface area contributed by atoms with E-state index in [0.717, 1.165) is 50.2 Å². The molecular weight excluding hydrogens is 414 g/mol. The summed E-state index contributed by atoms with van der Waals surface area (Å²) in [6, 6.07) is 11.0. The predicted octanol–water partition coefficient (Wildman–Crippen LogP) is 3.53. The van der Waals surface area contributed by atoms with Crippen molar-refractivity contribution in [1.82, 2.24) is 9.97 Å². The highest BCUT2D eigenvalue weighted by Crippen LogP contribution is 2.56. The van der Waals surface area contributed by atoms with Gasteiger partial charge < -0.3 is 25.7 Å². The number of hydrogen-bond donors (Lipinski definition) is 4. The van der Waals surface area contributed by atoms with Crippen molar-refractivity contribution in [3.05, 3.63) is 36.5 Å². The molecule has 0 amide bonds. The lowest BCUT2D eigenvalue weighted by molar-refractivity contribution is -0.129. The Bertz CT molecular complexity index is 1030. The van der Waals surface area contributed by atoms with E-state index in [1.54, 1.807) is 6.20 Å². The van der Waals surface area contributed by atoms with E-state index in [-0.39, 0.29) is 12.1 Å². The fourth-order valence-corrected chi connectivity index (χ4v) is 8.04. The van der Waals surface area contributed by atoms with Crippen molar-refractivity contribution in [3.8, 4) is 0 Å². The molecule has 5 saturated carbocycles. The van der Waals surface area contributed by atoms with Crippen molar-refractivity contribution in [2.45, 2.75) is 68.7 Å². The fraction of sp³-hybridized carbons (Fsp3) is 0.615. The van der Waals surface area contributed by atoms with Crippen LogP contribution in [0.4, 0.5) is 23.1 Å². The minimum atomic E-state index is -0.411. The second kappa shape index (κ2) is 7.31. The maximum atomic E-state index is 10.8. The van der Waals surface area contributed by atoms with E-state index in [9.17, 15) is 10.2 Å². The van der Waals surface area contributed by atoms with Crippen LogP contribution in [0.3, 0.4) is 0 Å². The zero-order valence-corrected chi connectivity index (χ0v) is 18.9. The lowest BCUT2D eigenvalue weighted by Crippen LogP contribution is -2.59. The van der Waals surface area contributed by atoms with E-state index in [0.29, 0.717) is 35.7 Å². The Labute approximate surface area is 194 Å². The summed E-state index contributed by atoms with van der Waals surface area (Å²) in [6.07, 6.45) is 8.99. The minimum absolute atomic E-state index is 0.192. The molecule has 174 valence electrons. The van der Waals surface area contributed by atoms with Crippen LogP contribution in [0, 0.1) is 23.7 Å². The van der Waals surface area contributed by atoms with Gasteiger partial charge in [-0.25, -0.2) is 4.98 Å². The molecule has 1 aromatic carbocycles. The summed E-state index contributed by atoms with van der Waals surface area (Å²) in [5, 5.41) is 28.1. The molecule has 33 heavy (non-hydrogen) atoms. The van der Waals surface area contributed by atoms with Crippen molar-refractivity contribution in [1.29, 1.82) is 0 Å². The fourth-order valence-electron chi connectivity index (χ4n) is 8.04. The molecule has 7 nitrogen and oxygen atoms in total. The molecule has 6 fully saturated rings. The lowest BCUT2D eigenvalue weighted by atomic mass is 9.52. The molecule has 5 unspecified atom stereocenters. The van der Waals surface area contributed by atoms with Gasteiger partial charge in [0.05, 0.1) is 17.7 Å². The Morgan fingerprint density at radius 1 is 0.939 bits per heavy atom. The van der Waals surface area contributed by atoms with Gasteiger partial charge >= 0.3 is 0 Å². The summed E-state index contributed by atoms with van der Waals surface area (Å²) < 4.78 is 0. The van der Waals surface area contributed by atoms with Gasteiger partial charge in [0.1, 0.15) is 5.82 Å². The number of benzene rings is 1. The molecule has 2 aromatic rings. The monoisotopic (exact) mass is 447 g/mol. The van der Waals surface area contributed by atoms with E-state index in [2.05, 4.69) is 44.8 Å². The molecule has 7 heteroatoms. The molecule has 5 atom stereocenters. The maximum absolute atomic E-state index is 10.8. The molecule has 1 aromatic heterocycles. The maximum Gasteiger partial charge on any atom is 0.229 e. The van der Waals surface area contributed by atoms with Crippen molar-refractivity contribution in [3.63, 3.8) is 0 Å². The largest absolute Gasteiger partial charge is 0.391 e. The second-order valence-electron chi connectivity index (χ2n) is 11.4. The number of aliphatic hydroxyl groups is 2. The first kappa shape index (κ1) is 20.0. The van der Waals surface area contributed by atoms with Crippen LogP contribution in [0.25, 0.3) is 0 Å². The molecule has 4 N–H and O–H groups in total. The molecule has 5 aliphatic carbocycles. The van der Waals surface area contributed by atoms with Crippen LogP contribution < -0.4 is 15.5 Å². The number of fused-ring (bicyclic) bond motifs is 2. The van der Waals surface area contributed by atoms with Crippen LogP contribution >= 0.6 is 0 Å². The highest BCUT2D eigenvalue weighted by atomic mass is 16.3. The van der Waals surface area contributed by atoms with Crippen LogP contribution in [0.5, 0.6) is 0 Å². The van der Waals surface area contributed by atoms with Crippen molar-refractivity contribution >= 4 is 23.1 Å². The SMILES string of the molecule is OC1CC2CC1N(c1ccc(Nc3nccc(N[C@H]4C5CC6CC4C[C@](O)(C6)C5)n3)cc1)C2.